The molecule has 1 saturated carbocycles. The van der Waals surface area contributed by atoms with Gasteiger partial charge in [0.05, 0.1) is 5.56 Å². The molecule has 0 saturated heterocycles. The minimum absolute atomic E-state index is 0. The summed E-state index contributed by atoms with van der Waals surface area (Å²) in [5.41, 5.74) is 6.96. The highest BCUT2D eigenvalue weighted by molar-refractivity contribution is 5.85. The van der Waals surface area contributed by atoms with E-state index in [2.05, 4.69) is 25.4 Å². The number of hydrogen-bond acceptors (Lipinski definition) is 7. The number of pyridine rings is 1. The molecule has 0 radical (unpaired) electrons. The van der Waals surface area contributed by atoms with Gasteiger partial charge >= 0.3 is 0 Å². The Morgan fingerprint density at radius 3 is 2.58 bits per heavy atom. The molecule has 4 aromatic rings. The van der Waals surface area contributed by atoms with E-state index in [-0.39, 0.29) is 42.3 Å². The summed E-state index contributed by atoms with van der Waals surface area (Å²) in [4.78, 5) is 19.7. The number of hydrogen-bond donors (Lipinski definition) is 2. The van der Waals surface area contributed by atoms with Crippen molar-refractivity contribution in [1.29, 1.82) is 0 Å². The molecule has 0 spiro atoms. The molecule has 3 N–H and O–H groups in total. The standard InChI is InChI=1S/C19H21N9O.2ClH/c1-11-23-24-15-8-9-16(25-27(11)15)28-18(12-4-6-13(20)7-5-12)22-17(26-28)14-3-2-10-21-19(14)29;;/h2-3,8-10,12-13H,4-7,20H2,1H3,(H,21,29);2*1H. The molecule has 4 aromatic heterocycles. The van der Waals surface area contributed by atoms with Gasteiger partial charge in [0.1, 0.15) is 5.82 Å². The normalized spacial score (nSPS) is 18.4. The van der Waals surface area contributed by atoms with Gasteiger partial charge < -0.3 is 10.7 Å². The van der Waals surface area contributed by atoms with E-state index in [4.69, 9.17) is 10.7 Å². The van der Waals surface area contributed by atoms with Crippen LogP contribution in [-0.2, 0) is 0 Å². The van der Waals surface area contributed by atoms with E-state index in [9.17, 15) is 4.79 Å². The highest BCUT2D eigenvalue weighted by Crippen LogP contribution is 2.33. The van der Waals surface area contributed by atoms with Gasteiger partial charge in [0, 0.05) is 18.2 Å². The number of aromatic amines is 1. The van der Waals surface area contributed by atoms with Crippen molar-refractivity contribution in [1.82, 2.24) is 39.6 Å². The van der Waals surface area contributed by atoms with E-state index in [1.54, 1.807) is 27.5 Å². The number of nitrogens with zero attached hydrogens (tertiary/aromatic N) is 7. The molecule has 0 amide bonds. The number of fused-ring (bicyclic) bond motifs is 1. The Morgan fingerprint density at radius 1 is 1.06 bits per heavy atom. The summed E-state index contributed by atoms with van der Waals surface area (Å²) < 4.78 is 3.41. The first-order valence-corrected chi connectivity index (χ1v) is 9.70. The van der Waals surface area contributed by atoms with Crippen molar-refractivity contribution in [2.75, 3.05) is 0 Å². The van der Waals surface area contributed by atoms with Gasteiger partial charge in [-0.3, -0.25) is 4.79 Å². The molecule has 1 aliphatic carbocycles. The number of nitrogens with one attached hydrogen (secondary N) is 1. The van der Waals surface area contributed by atoms with Gasteiger partial charge in [0.15, 0.2) is 23.1 Å². The van der Waals surface area contributed by atoms with Crippen LogP contribution >= 0.6 is 24.8 Å². The summed E-state index contributed by atoms with van der Waals surface area (Å²) in [5.74, 6) is 2.69. The van der Waals surface area contributed by atoms with E-state index in [1.165, 1.54) is 0 Å². The Labute approximate surface area is 190 Å². The second-order valence-corrected chi connectivity index (χ2v) is 7.44. The number of H-pyrrole nitrogens is 1. The molecule has 1 fully saturated rings. The predicted molar refractivity (Wildman–Crippen MR) is 120 cm³/mol. The van der Waals surface area contributed by atoms with E-state index >= 15 is 0 Å². The van der Waals surface area contributed by atoms with Gasteiger partial charge in [-0.1, -0.05) is 0 Å². The van der Waals surface area contributed by atoms with Crippen molar-refractivity contribution in [2.24, 2.45) is 5.73 Å². The first-order chi connectivity index (χ1) is 14.1. The zero-order valence-electron chi connectivity index (χ0n) is 16.8. The van der Waals surface area contributed by atoms with Gasteiger partial charge in [-0.25, -0.2) is 4.98 Å². The number of nitrogens with two attached hydrogens (primary N) is 1. The molecule has 1 aliphatic rings. The SMILES string of the molecule is Cc1nnc2ccc(-n3nc(-c4ccc[nH]c4=O)nc3C3CCC(N)CC3)nn12.Cl.Cl. The van der Waals surface area contributed by atoms with E-state index in [0.29, 0.717) is 28.7 Å². The third-order valence-corrected chi connectivity index (χ3v) is 5.45. The zero-order valence-corrected chi connectivity index (χ0v) is 18.4. The molecular weight excluding hydrogens is 441 g/mol. The summed E-state index contributed by atoms with van der Waals surface area (Å²) in [5, 5.41) is 17.5. The lowest BCUT2D eigenvalue weighted by Gasteiger charge is -2.25. The van der Waals surface area contributed by atoms with E-state index < -0.39 is 0 Å². The van der Waals surface area contributed by atoms with Crippen molar-refractivity contribution in [3.63, 3.8) is 0 Å². The number of aryl methyl sites for hydroxylation is 1. The van der Waals surface area contributed by atoms with Gasteiger partial charge in [-0.2, -0.15) is 9.20 Å². The first kappa shape index (κ1) is 22.9. The third-order valence-electron chi connectivity index (χ3n) is 5.45. The third kappa shape index (κ3) is 4.18. The second-order valence-electron chi connectivity index (χ2n) is 7.44. The smallest absolute Gasteiger partial charge is 0.259 e. The van der Waals surface area contributed by atoms with Crippen LogP contribution in [0.4, 0.5) is 0 Å². The Hall–Kier alpha value is -2.82. The van der Waals surface area contributed by atoms with Gasteiger partial charge in [-0.05, 0) is 56.9 Å². The van der Waals surface area contributed by atoms with Crippen LogP contribution < -0.4 is 11.3 Å². The minimum Gasteiger partial charge on any atom is -0.328 e. The average molecular weight is 464 g/mol. The monoisotopic (exact) mass is 463 g/mol. The summed E-state index contributed by atoms with van der Waals surface area (Å²) in [6.07, 6.45) is 5.33. The molecule has 0 unspecified atom stereocenters. The molecule has 0 aromatic carbocycles. The predicted octanol–water partition coefficient (Wildman–Crippen LogP) is 2.20. The number of aromatic nitrogens is 8. The maximum Gasteiger partial charge on any atom is 0.259 e. The molecule has 4 heterocycles. The van der Waals surface area contributed by atoms with Crippen molar-refractivity contribution >= 4 is 30.5 Å². The Bertz CT molecular complexity index is 1240. The Balaban J connectivity index is 0.00000136. The van der Waals surface area contributed by atoms with Crippen LogP contribution in [0.25, 0.3) is 22.9 Å². The molecular formula is C19H23Cl2N9O. The number of halogens is 2. The summed E-state index contributed by atoms with van der Waals surface area (Å²) in [6.45, 7) is 1.84. The van der Waals surface area contributed by atoms with Crippen LogP contribution in [0.3, 0.4) is 0 Å². The maximum absolute atomic E-state index is 12.3. The fourth-order valence-corrected chi connectivity index (χ4v) is 3.85. The molecule has 5 rings (SSSR count). The summed E-state index contributed by atoms with van der Waals surface area (Å²) in [7, 11) is 0. The molecule has 0 bridgehead atoms. The Morgan fingerprint density at radius 2 is 1.84 bits per heavy atom. The van der Waals surface area contributed by atoms with Gasteiger partial charge in [-0.15, -0.1) is 45.2 Å². The second kappa shape index (κ2) is 9.13. The summed E-state index contributed by atoms with van der Waals surface area (Å²) >= 11 is 0. The fraction of sp³-hybridized carbons (Fsp3) is 0.368. The molecule has 12 heteroatoms. The van der Waals surface area contributed by atoms with Gasteiger partial charge in [0.2, 0.25) is 0 Å². The maximum atomic E-state index is 12.3. The first-order valence-electron chi connectivity index (χ1n) is 9.70. The molecule has 31 heavy (non-hydrogen) atoms. The van der Waals surface area contributed by atoms with E-state index in [0.717, 1.165) is 31.5 Å². The van der Waals surface area contributed by atoms with Crippen LogP contribution in [0.1, 0.15) is 43.3 Å². The fourth-order valence-electron chi connectivity index (χ4n) is 3.85. The van der Waals surface area contributed by atoms with E-state index in [1.807, 2.05) is 19.1 Å². The van der Waals surface area contributed by atoms with Crippen LogP contribution in [-0.4, -0.2) is 45.6 Å². The van der Waals surface area contributed by atoms with Crippen molar-refractivity contribution < 1.29 is 0 Å². The van der Waals surface area contributed by atoms with Crippen molar-refractivity contribution in [3.8, 4) is 17.2 Å². The lowest BCUT2D eigenvalue weighted by molar-refractivity contribution is 0.380. The largest absolute Gasteiger partial charge is 0.328 e. The van der Waals surface area contributed by atoms with Gasteiger partial charge in [0.25, 0.3) is 5.56 Å². The lowest BCUT2D eigenvalue weighted by atomic mass is 9.86. The van der Waals surface area contributed by atoms with Crippen LogP contribution in [0.2, 0.25) is 0 Å². The summed E-state index contributed by atoms with van der Waals surface area (Å²) in [6, 6.07) is 7.41. The molecule has 10 nitrogen and oxygen atoms in total. The van der Waals surface area contributed by atoms with Crippen molar-refractivity contribution in [3.05, 3.63) is 52.5 Å². The van der Waals surface area contributed by atoms with Crippen LogP contribution in [0.5, 0.6) is 0 Å². The molecule has 0 aliphatic heterocycles. The topological polar surface area (TPSA) is 133 Å². The minimum atomic E-state index is -0.222. The van der Waals surface area contributed by atoms with Crippen LogP contribution in [0, 0.1) is 6.92 Å². The Kier molecular flexibility index (Phi) is 6.73. The van der Waals surface area contributed by atoms with Crippen molar-refractivity contribution in [2.45, 2.75) is 44.6 Å². The molecule has 0 atom stereocenters. The highest BCUT2D eigenvalue weighted by atomic mass is 35.5. The molecule has 164 valence electrons. The lowest BCUT2D eigenvalue weighted by Crippen LogP contribution is -2.27. The zero-order chi connectivity index (χ0) is 20.0. The number of rotatable bonds is 3. The van der Waals surface area contributed by atoms with Crippen LogP contribution in [0.15, 0.2) is 35.3 Å². The quantitative estimate of drug-likeness (QED) is 0.475. The highest BCUT2D eigenvalue weighted by Gasteiger charge is 2.27. The average Bonchev–Trinajstić information content (AvgIpc) is 3.33.